The molecule has 0 aliphatic carbocycles. The second-order valence-electron chi connectivity index (χ2n) is 16.2. The zero-order chi connectivity index (χ0) is 47.3. The Balaban J connectivity index is 1.38. The molecule has 0 aliphatic rings. The van der Waals surface area contributed by atoms with Gasteiger partial charge >= 0.3 is 6.09 Å². The summed E-state index contributed by atoms with van der Waals surface area (Å²) in [5, 5.41) is 14.6. The van der Waals surface area contributed by atoms with Crippen LogP contribution in [0.15, 0.2) is 48.6 Å². The molecule has 0 unspecified atom stereocenters. The zero-order valence-corrected chi connectivity index (χ0v) is 38.0. The minimum absolute atomic E-state index is 0.109. The van der Waals surface area contributed by atoms with Gasteiger partial charge in [-0.1, -0.05) is 12.2 Å². The van der Waals surface area contributed by atoms with Crippen LogP contribution in [0.25, 0.3) is 22.1 Å². The quantitative estimate of drug-likeness (QED) is 0.0654. The van der Waals surface area contributed by atoms with Crippen LogP contribution in [-0.2, 0) is 30.9 Å². The van der Waals surface area contributed by atoms with Crippen molar-refractivity contribution in [3.63, 3.8) is 0 Å². The van der Waals surface area contributed by atoms with Gasteiger partial charge in [-0.15, -0.1) is 0 Å². The lowest BCUT2D eigenvalue weighted by Gasteiger charge is -2.24. The Bertz CT molecular complexity index is 2820. The number of carbonyl (C=O) groups is 5. The van der Waals surface area contributed by atoms with Crippen molar-refractivity contribution in [1.82, 2.24) is 43.6 Å². The highest BCUT2D eigenvalue weighted by Crippen LogP contribution is 2.33. The molecule has 65 heavy (non-hydrogen) atoms. The van der Waals surface area contributed by atoms with Crippen molar-refractivity contribution in [3.05, 3.63) is 82.5 Å². The molecule has 2 aromatic carbocycles. The molecule has 0 atom stereocenters. The van der Waals surface area contributed by atoms with E-state index in [9.17, 15) is 24.0 Å². The van der Waals surface area contributed by atoms with E-state index in [2.05, 4.69) is 25.8 Å². The van der Waals surface area contributed by atoms with E-state index in [-0.39, 0.29) is 48.5 Å². The third-order valence-electron chi connectivity index (χ3n) is 10.1. The van der Waals surface area contributed by atoms with Gasteiger partial charge in [0.2, 0.25) is 23.7 Å². The Kier molecular flexibility index (Phi) is 13.9. The second-order valence-corrected chi connectivity index (χ2v) is 16.2. The largest absolute Gasteiger partial charge is 0.494 e. The number of hydrogen-bond acceptors (Lipinski definition) is 12. The summed E-state index contributed by atoms with van der Waals surface area (Å²) in [5.74, 6) is -1.47. The van der Waals surface area contributed by atoms with E-state index in [1.807, 2.05) is 26.0 Å². The van der Waals surface area contributed by atoms with Gasteiger partial charge in [-0.05, 0) is 91.3 Å². The molecule has 21 heteroatoms. The number of methoxy groups -OCH3 is 1. The number of nitrogens with two attached hydrogens (primary N) is 2. The lowest BCUT2D eigenvalue weighted by Crippen LogP contribution is -2.35. The average molecular weight is 894 g/mol. The standard InChI is InChI=1S/C44H55N13O8/c1-10-56-31(19-25(3)51-56)39(60)49-41-47-29-21-27(37(45)58)23-33(63-9)35(29)54(41)16-12-13-17-55-36-30(48-42(55)50-40(61)32-20-26(4)52-57(32)11-2)22-28(38(46)59)24-34(36)64-18-14-15-53(8)43(62)65-44(5,6)7/h12-13,19-24H,10-11,14-18H2,1-9H3,(H2,45,58)(H2,46,59)(H,47,49,60)(H,48,50,61)/b13-12+. The Morgan fingerprint density at radius 3 is 1.63 bits per heavy atom. The number of aryl methyl sites for hydroxylation is 4. The van der Waals surface area contributed by atoms with Crippen molar-refractivity contribution in [3.8, 4) is 11.5 Å². The average Bonchev–Trinajstić information content (AvgIpc) is 4.01. The number of rotatable bonds is 18. The van der Waals surface area contributed by atoms with E-state index in [0.29, 0.717) is 76.6 Å². The van der Waals surface area contributed by atoms with Crippen molar-refractivity contribution < 1.29 is 38.2 Å². The molecule has 5 amide bonds. The van der Waals surface area contributed by atoms with E-state index in [1.54, 1.807) is 72.3 Å². The molecule has 6 N–H and O–H groups in total. The fourth-order valence-corrected chi connectivity index (χ4v) is 7.10. The Morgan fingerprint density at radius 1 is 0.738 bits per heavy atom. The number of amides is 5. The number of benzene rings is 2. The maximum Gasteiger partial charge on any atom is 0.410 e. The van der Waals surface area contributed by atoms with Crippen LogP contribution in [0.1, 0.15) is 94.1 Å². The topological polar surface area (TPSA) is 264 Å². The number of fused-ring (bicyclic) bond motifs is 2. The SMILES string of the molecule is CCn1nc(C)cc1C(=O)Nc1nc2cc(C(N)=O)cc(OC)c2n1C/C=C/Cn1c(NC(=O)c2cc(C)nn2CC)nc2cc(C(N)=O)cc(OCCCN(C)C(=O)OC(C)(C)C)c21. The van der Waals surface area contributed by atoms with Gasteiger partial charge < -0.3 is 39.7 Å². The second kappa shape index (κ2) is 19.4. The van der Waals surface area contributed by atoms with E-state index < -0.39 is 35.3 Å². The van der Waals surface area contributed by atoms with Gasteiger partial charge in [-0.2, -0.15) is 10.2 Å². The molecule has 0 saturated heterocycles. The van der Waals surface area contributed by atoms with Crippen LogP contribution in [0.3, 0.4) is 0 Å². The lowest BCUT2D eigenvalue weighted by atomic mass is 10.1. The highest BCUT2D eigenvalue weighted by atomic mass is 16.6. The van der Waals surface area contributed by atoms with Gasteiger partial charge in [0.05, 0.1) is 36.1 Å². The molecule has 0 aliphatic heterocycles. The number of primary amides is 2. The molecule has 344 valence electrons. The first kappa shape index (κ1) is 46.8. The van der Waals surface area contributed by atoms with Crippen molar-refractivity contribution >= 4 is 63.7 Å². The zero-order valence-electron chi connectivity index (χ0n) is 38.0. The highest BCUT2D eigenvalue weighted by molar-refractivity contribution is 6.05. The van der Waals surface area contributed by atoms with Crippen LogP contribution >= 0.6 is 0 Å². The van der Waals surface area contributed by atoms with E-state index in [4.69, 9.17) is 30.7 Å². The molecule has 4 heterocycles. The summed E-state index contributed by atoms with van der Waals surface area (Å²) in [4.78, 5) is 75.8. The molecule has 6 rings (SSSR count). The summed E-state index contributed by atoms with van der Waals surface area (Å²) in [5.41, 5.74) is 14.6. The third kappa shape index (κ3) is 10.6. The molecule has 21 nitrogen and oxygen atoms in total. The van der Waals surface area contributed by atoms with Crippen molar-refractivity contribution in [2.45, 2.75) is 86.7 Å². The first-order valence-corrected chi connectivity index (χ1v) is 21.0. The summed E-state index contributed by atoms with van der Waals surface area (Å²) in [6, 6.07) is 9.39. The maximum atomic E-state index is 13.8. The van der Waals surface area contributed by atoms with Gasteiger partial charge in [-0.3, -0.25) is 39.2 Å². The lowest BCUT2D eigenvalue weighted by molar-refractivity contribution is 0.0291. The molecular formula is C44H55N13O8. The number of hydrogen-bond donors (Lipinski definition) is 4. The van der Waals surface area contributed by atoms with Crippen LogP contribution in [0, 0.1) is 13.8 Å². The van der Waals surface area contributed by atoms with Gasteiger partial charge in [0, 0.05) is 50.9 Å². The number of aromatic nitrogens is 8. The summed E-state index contributed by atoms with van der Waals surface area (Å²) in [6.07, 6.45) is 3.55. The monoisotopic (exact) mass is 893 g/mol. The number of imidazole rings is 2. The van der Waals surface area contributed by atoms with Crippen LogP contribution in [0.2, 0.25) is 0 Å². The summed E-state index contributed by atoms with van der Waals surface area (Å²) >= 11 is 0. The van der Waals surface area contributed by atoms with Gasteiger partial charge in [0.25, 0.3) is 11.8 Å². The molecule has 6 aromatic rings. The maximum absolute atomic E-state index is 13.8. The number of ether oxygens (including phenoxy) is 3. The van der Waals surface area contributed by atoms with Crippen LogP contribution < -0.4 is 31.6 Å². The Hall–Kier alpha value is -7.71. The summed E-state index contributed by atoms with van der Waals surface area (Å²) in [7, 11) is 3.08. The van der Waals surface area contributed by atoms with Crippen molar-refractivity contribution in [1.29, 1.82) is 0 Å². The van der Waals surface area contributed by atoms with Gasteiger partial charge in [-0.25, -0.2) is 14.8 Å². The normalized spacial score (nSPS) is 11.6. The first-order chi connectivity index (χ1) is 30.8. The molecule has 0 fully saturated rings. The van der Waals surface area contributed by atoms with Crippen molar-refractivity contribution in [2.24, 2.45) is 11.5 Å². The Labute approximate surface area is 374 Å². The van der Waals surface area contributed by atoms with Gasteiger partial charge in [0.1, 0.15) is 39.5 Å². The fourth-order valence-electron chi connectivity index (χ4n) is 7.10. The molecule has 0 radical (unpaired) electrons. The van der Waals surface area contributed by atoms with Crippen LogP contribution in [-0.4, -0.2) is 106 Å². The predicted molar refractivity (Wildman–Crippen MR) is 242 cm³/mol. The van der Waals surface area contributed by atoms with Crippen molar-refractivity contribution in [2.75, 3.05) is 37.9 Å². The van der Waals surface area contributed by atoms with Crippen LogP contribution in [0.5, 0.6) is 11.5 Å². The number of carbonyl (C=O) groups excluding carboxylic acids is 5. The predicted octanol–water partition coefficient (Wildman–Crippen LogP) is 5.04. The first-order valence-electron chi connectivity index (χ1n) is 21.0. The fraction of sp³-hybridized carbons (Fsp3) is 0.386. The minimum atomic E-state index is -0.716. The molecule has 0 spiro atoms. The van der Waals surface area contributed by atoms with E-state index in [0.717, 1.165) is 0 Å². The Morgan fingerprint density at radius 2 is 1.20 bits per heavy atom. The number of allylic oxidation sites excluding steroid dienone is 2. The van der Waals surface area contributed by atoms with E-state index in [1.165, 1.54) is 36.3 Å². The van der Waals surface area contributed by atoms with E-state index >= 15 is 0 Å². The summed E-state index contributed by atoms with van der Waals surface area (Å²) < 4.78 is 24.1. The smallest absolute Gasteiger partial charge is 0.410 e. The molecule has 0 saturated carbocycles. The van der Waals surface area contributed by atoms with Crippen LogP contribution in [0.4, 0.5) is 16.7 Å². The summed E-state index contributed by atoms with van der Waals surface area (Å²) in [6.45, 7) is 14.3. The molecular weight excluding hydrogens is 839 g/mol. The molecule has 4 aromatic heterocycles. The number of nitrogens with one attached hydrogen (secondary N) is 2. The number of nitrogens with zero attached hydrogens (tertiary/aromatic N) is 9. The van der Waals surface area contributed by atoms with Gasteiger partial charge in [0.15, 0.2) is 0 Å². The molecule has 0 bridgehead atoms. The third-order valence-corrected chi connectivity index (χ3v) is 10.1. The highest BCUT2D eigenvalue weighted by Gasteiger charge is 2.24. The number of anilines is 2. The minimum Gasteiger partial charge on any atom is -0.494 e.